The highest BCUT2D eigenvalue weighted by Gasteiger charge is 2.30. The Morgan fingerprint density at radius 1 is 1.15 bits per heavy atom. The van der Waals surface area contributed by atoms with Gasteiger partial charge in [-0.25, -0.2) is 4.98 Å². The van der Waals surface area contributed by atoms with Crippen LogP contribution in [0.4, 0.5) is 5.82 Å². The fraction of sp³-hybridized carbons (Fsp3) is 0.500. The maximum atomic E-state index is 4.64. The molecule has 1 fully saturated rings. The predicted molar refractivity (Wildman–Crippen MR) is 87.4 cm³/mol. The number of anilines is 1. The lowest BCUT2D eigenvalue weighted by Gasteiger charge is -2.36. The van der Waals surface area contributed by atoms with Crippen molar-refractivity contribution in [2.24, 2.45) is 0 Å². The first-order valence-corrected chi connectivity index (χ1v) is 8.55. The van der Waals surface area contributed by atoms with Crippen molar-refractivity contribution in [2.45, 2.75) is 36.9 Å². The minimum absolute atomic E-state index is 0.381. The van der Waals surface area contributed by atoms with E-state index in [4.69, 9.17) is 0 Å². The molecule has 1 saturated carbocycles. The van der Waals surface area contributed by atoms with Crippen molar-refractivity contribution in [1.82, 2.24) is 9.97 Å². The Bertz CT molecular complexity index is 579. The average molecular weight is 287 g/mol. The molecule has 3 nitrogen and oxygen atoms in total. The summed E-state index contributed by atoms with van der Waals surface area (Å²) in [5, 5.41) is 3.50. The van der Waals surface area contributed by atoms with Gasteiger partial charge in [-0.2, -0.15) is 11.8 Å². The van der Waals surface area contributed by atoms with Crippen molar-refractivity contribution < 1.29 is 0 Å². The summed E-state index contributed by atoms with van der Waals surface area (Å²) in [6, 6.07) is 8.01. The van der Waals surface area contributed by atoms with Crippen LogP contribution in [0, 0.1) is 0 Å². The van der Waals surface area contributed by atoms with E-state index in [1.54, 1.807) is 0 Å². The van der Waals surface area contributed by atoms with E-state index in [0.717, 1.165) is 23.4 Å². The van der Waals surface area contributed by atoms with Crippen LogP contribution in [0.5, 0.6) is 0 Å². The fourth-order valence-electron chi connectivity index (χ4n) is 2.94. The maximum absolute atomic E-state index is 4.64. The quantitative estimate of drug-likeness (QED) is 0.918. The molecule has 20 heavy (non-hydrogen) atoms. The van der Waals surface area contributed by atoms with E-state index >= 15 is 0 Å². The van der Waals surface area contributed by atoms with Crippen LogP contribution in [0.3, 0.4) is 0 Å². The monoisotopic (exact) mass is 287 g/mol. The molecule has 0 radical (unpaired) electrons. The molecule has 0 saturated heterocycles. The van der Waals surface area contributed by atoms with Gasteiger partial charge in [-0.15, -0.1) is 0 Å². The smallest absolute Gasteiger partial charge is 0.145 e. The van der Waals surface area contributed by atoms with Crippen LogP contribution in [0.2, 0.25) is 0 Å². The van der Waals surface area contributed by atoms with Gasteiger partial charge in [0.2, 0.25) is 0 Å². The number of fused-ring (bicyclic) bond motifs is 1. The summed E-state index contributed by atoms with van der Waals surface area (Å²) in [7, 11) is 0. The van der Waals surface area contributed by atoms with E-state index in [1.165, 1.54) is 32.1 Å². The highest BCUT2D eigenvalue weighted by molar-refractivity contribution is 8.00. The summed E-state index contributed by atoms with van der Waals surface area (Å²) in [5.74, 6) is 0.891. The van der Waals surface area contributed by atoms with Gasteiger partial charge in [0, 0.05) is 11.3 Å². The van der Waals surface area contributed by atoms with E-state index in [1.807, 2.05) is 42.2 Å². The van der Waals surface area contributed by atoms with E-state index in [0.29, 0.717) is 4.75 Å². The number of nitrogens with zero attached hydrogens (tertiary/aromatic N) is 2. The third-order valence-electron chi connectivity index (χ3n) is 4.24. The highest BCUT2D eigenvalue weighted by Crippen LogP contribution is 2.38. The van der Waals surface area contributed by atoms with Gasteiger partial charge in [0.25, 0.3) is 0 Å². The summed E-state index contributed by atoms with van der Waals surface area (Å²) in [6.07, 6.45) is 10.8. The van der Waals surface area contributed by atoms with Crippen molar-refractivity contribution in [2.75, 3.05) is 18.1 Å². The molecular formula is C16H21N3S. The molecule has 4 heteroatoms. The first kappa shape index (κ1) is 13.7. The third kappa shape index (κ3) is 2.90. The zero-order valence-electron chi connectivity index (χ0n) is 11.9. The highest BCUT2D eigenvalue weighted by atomic mass is 32.2. The minimum Gasteiger partial charge on any atom is -0.367 e. The molecule has 0 aliphatic heterocycles. The number of hydrogen-bond acceptors (Lipinski definition) is 4. The molecule has 106 valence electrons. The molecule has 0 bridgehead atoms. The zero-order chi connectivity index (χ0) is 13.8. The number of para-hydroxylation sites is 2. The standard InChI is InChI=1S/C16H21N3S/c1-20-16(9-5-2-6-10-16)12-18-15-11-17-13-7-3-4-8-14(13)19-15/h3-4,7-8,11H,2,5-6,9-10,12H2,1H3,(H,18,19). The van der Waals surface area contributed by atoms with Gasteiger partial charge < -0.3 is 5.32 Å². The molecule has 0 spiro atoms. The molecule has 1 heterocycles. The number of nitrogens with one attached hydrogen (secondary N) is 1. The number of rotatable bonds is 4. The van der Waals surface area contributed by atoms with Gasteiger partial charge in [0.1, 0.15) is 5.82 Å². The molecule has 0 unspecified atom stereocenters. The van der Waals surface area contributed by atoms with Crippen LogP contribution < -0.4 is 5.32 Å². The molecule has 2 aromatic rings. The first-order valence-electron chi connectivity index (χ1n) is 7.32. The van der Waals surface area contributed by atoms with Gasteiger partial charge in [0.05, 0.1) is 17.2 Å². The first-order chi connectivity index (χ1) is 9.81. The molecule has 1 N–H and O–H groups in total. The lowest BCUT2D eigenvalue weighted by atomic mass is 9.88. The summed E-state index contributed by atoms with van der Waals surface area (Å²) in [6.45, 7) is 0.987. The van der Waals surface area contributed by atoms with Crippen LogP contribution >= 0.6 is 11.8 Å². The molecule has 3 rings (SSSR count). The second kappa shape index (κ2) is 6.00. The lowest BCUT2D eigenvalue weighted by Crippen LogP contribution is -2.35. The minimum atomic E-state index is 0.381. The normalized spacial score (nSPS) is 18.1. The van der Waals surface area contributed by atoms with E-state index < -0.39 is 0 Å². The Labute approximate surface area is 124 Å². The van der Waals surface area contributed by atoms with E-state index in [9.17, 15) is 0 Å². The zero-order valence-corrected chi connectivity index (χ0v) is 12.7. The Hall–Kier alpha value is -1.29. The van der Waals surface area contributed by atoms with Crippen molar-refractivity contribution in [3.8, 4) is 0 Å². The summed E-state index contributed by atoms with van der Waals surface area (Å²) >= 11 is 2.01. The Morgan fingerprint density at radius 3 is 2.65 bits per heavy atom. The van der Waals surface area contributed by atoms with Crippen LogP contribution in [0.25, 0.3) is 11.0 Å². The van der Waals surface area contributed by atoms with Gasteiger partial charge in [-0.1, -0.05) is 31.4 Å². The van der Waals surface area contributed by atoms with Gasteiger partial charge >= 0.3 is 0 Å². The van der Waals surface area contributed by atoms with Crippen molar-refractivity contribution in [3.05, 3.63) is 30.5 Å². The van der Waals surface area contributed by atoms with Crippen LogP contribution in [0.1, 0.15) is 32.1 Å². The predicted octanol–water partition coefficient (Wildman–Crippen LogP) is 4.11. The Morgan fingerprint density at radius 2 is 1.90 bits per heavy atom. The van der Waals surface area contributed by atoms with Gasteiger partial charge in [0.15, 0.2) is 0 Å². The third-order valence-corrected chi connectivity index (χ3v) is 5.66. The Kier molecular flexibility index (Phi) is 4.10. The second-order valence-corrected chi connectivity index (χ2v) is 6.82. The van der Waals surface area contributed by atoms with Crippen LogP contribution in [-0.2, 0) is 0 Å². The lowest BCUT2D eigenvalue weighted by molar-refractivity contribution is 0.411. The molecule has 1 aromatic heterocycles. The number of hydrogen-bond donors (Lipinski definition) is 1. The molecule has 1 aromatic carbocycles. The summed E-state index contributed by atoms with van der Waals surface area (Å²) in [4.78, 5) is 9.10. The average Bonchev–Trinajstić information content (AvgIpc) is 2.54. The van der Waals surface area contributed by atoms with Crippen molar-refractivity contribution in [1.29, 1.82) is 0 Å². The summed E-state index contributed by atoms with van der Waals surface area (Å²) < 4.78 is 0.381. The van der Waals surface area contributed by atoms with Crippen molar-refractivity contribution in [3.63, 3.8) is 0 Å². The summed E-state index contributed by atoms with van der Waals surface area (Å²) in [5.41, 5.74) is 1.91. The van der Waals surface area contributed by atoms with Gasteiger partial charge in [-0.3, -0.25) is 4.98 Å². The number of thioether (sulfide) groups is 1. The number of benzene rings is 1. The SMILES string of the molecule is CSC1(CNc2cnc3ccccc3n2)CCCCC1. The second-order valence-electron chi connectivity index (χ2n) is 5.55. The number of aromatic nitrogens is 2. The Balaban J connectivity index is 1.72. The molecule has 1 aliphatic carbocycles. The molecular weight excluding hydrogens is 266 g/mol. The van der Waals surface area contributed by atoms with E-state index in [-0.39, 0.29) is 0 Å². The van der Waals surface area contributed by atoms with Gasteiger partial charge in [-0.05, 0) is 31.2 Å². The molecule has 0 amide bonds. The largest absolute Gasteiger partial charge is 0.367 e. The van der Waals surface area contributed by atoms with Crippen molar-refractivity contribution >= 4 is 28.6 Å². The fourth-order valence-corrected chi connectivity index (χ4v) is 3.86. The van der Waals surface area contributed by atoms with Crippen LogP contribution in [-0.4, -0.2) is 27.5 Å². The topological polar surface area (TPSA) is 37.8 Å². The van der Waals surface area contributed by atoms with Crippen LogP contribution in [0.15, 0.2) is 30.5 Å². The maximum Gasteiger partial charge on any atom is 0.145 e. The molecule has 1 aliphatic rings. The van der Waals surface area contributed by atoms with E-state index in [2.05, 4.69) is 21.5 Å². The molecule has 0 atom stereocenters.